The van der Waals surface area contributed by atoms with Gasteiger partial charge in [0.05, 0.1) is 0 Å². The number of carbonyl (C=O) groups is 1. The summed E-state index contributed by atoms with van der Waals surface area (Å²) in [5.74, 6) is -0.253. The molecule has 25 heavy (non-hydrogen) atoms. The lowest BCUT2D eigenvalue weighted by Crippen LogP contribution is -2.32. The number of halogens is 1. The van der Waals surface area contributed by atoms with E-state index < -0.39 is 0 Å². The Labute approximate surface area is 156 Å². The fourth-order valence-electron chi connectivity index (χ4n) is 2.40. The standard InChI is InChI=1S/C16H16BrN5O2S/c1-21-15-13(14(17)20-21)16(24)22(9-19-15)8-12(23)18-7-10-3-5-11(25-2)6-4-10/h3-6,9H,7-8H2,1-2H3,(H,18,23). The third-order valence-electron chi connectivity index (χ3n) is 3.73. The SMILES string of the molecule is CSc1ccc(CNC(=O)Cn2cnc3c(c(Br)nn3C)c2=O)cc1. The largest absolute Gasteiger partial charge is 0.350 e. The van der Waals surface area contributed by atoms with Crippen molar-refractivity contribution in [3.05, 3.63) is 51.1 Å². The maximum Gasteiger partial charge on any atom is 0.266 e. The van der Waals surface area contributed by atoms with Crippen LogP contribution in [0.3, 0.4) is 0 Å². The Kier molecular flexibility index (Phi) is 5.24. The molecule has 0 bridgehead atoms. The van der Waals surface area contributed by atoms with E-state index >= 15 is 0 Å². The summed E-state index contributed by atoms with van der Waals surface area (Å²) in [7, 11) is 1.71. The Hall–Kier alpha value is -2.13. The number of aryl methyl sites for hydroxylation is 1. The summed E-state index contributed by atoms with van der Waals surface area (Å²) in [4.78, 5) is 30.0. The molecular weight excluding hydrogens is 406 g/mol. The zero-order valence-electron chi connectivity index (χ0n) is 13.7. The molecule has 2 heterocycles. The molecule has 0 fully saturated rings. The molecule has 0 aliphatic rings. The van der Waals surface area contributed by atoms with Crippen molar-refractivity contribution in [2.75, 3.05) is 6.26 Å². The first-order chi connectivity index (χ1) is 12.0. The normalized spacial score (nSPS) is 11.0. The van der Waals surface area contributed by atoms with Gasteiger partial charge in [0.2, 0.25) is 5.91 Å². The van der Waals surface area contributed by atoms with Gasteiger partial charge in [-0.25, -0.2) is 9.67 Å². The number of fused-ring (bicyclic) bond motifs is 1. The summed E-state index contributed by atoms with van der Waals surface area (Å²) >= 11 is 4.92. The van der Waals surface area contributed by atoms with Gasteiger partial charge < -0.3 is 5.32 Å². The number of nitrogens with one attached hydrogen (secondary N) is 1. The molecule has 7 nitrogen and oxygen atoms in total. The number of nitrogens with zero attached hydrogens (tertiary/aromatic N) is 4. The molecule has 0 aliphatic heterocycles. The monoisotopic (exact) mass is 421 g/mol. The van der Waals surface area contributed by atoms with Crippen LogP contribution in [0.1, 0.15) is 5.56 Å². The predicted molar refractivity (Wildman–Crippen MR) is 101 cm³/mol. The van der Waals surface area contributed by atoms with Crippen LogP contribution < -0.4 is 10.9 Å². The van der Waals surface area contributed by atoms with Crippen molar-refractivity contribution in [2.45, 2.75) is 18.0 Å². The number of hydrogen-bond acceptors (Lipinski definition) is 5. The first-order valence-corrected chi connectivity index (χ1v) is 9.48. The predicted octanol–water partition coefficient (Wildman–Crippen LogP) is 1.93. The molecule has 3 aromatic rings. The summed E-state index contributed by atoms with van der Waals surface area (Å²) in [6.45, 7) is 0.320. The van der Waals surface area contributed by atoms with Crippen LogP contribution in [0.15, 0.2) is 44.9 Å². The molecule has 9 heteroatoms. The summed E-state index contributed by atoms with van der Waals surface area (Å²) in [5.41, 5.74) is 1.17. The zero-order valence-corrected chi connectivity index (χ0v) is 16.1. The van der Waals surface area contributed by atoms with Crippen molar-refractivity contribution in [1.29, 1.82) is 0 Å². The Balaban J connectivity index is 1.70. The van der Waals surface area contributed by atoms with Crippen molar-refractivity contribution in [1.82, 2.24) is 24.6 Å². The molecule has 0 spiro atoms. The number of carbonyl (C=O) groups excluding carboxylic acids is 1. The number of thioether (sulfide) groups is 1. The highest BCUT2D eigenvalue weighted by atomic mass is 79.9. The fraction of sp³-hybridized carbons (Fsp3) is 0.250. The van der Waals surface area contributed by atoms with Gasteiger partial charge in [0.1, 0.15) is 22.9 Å². The Morgan fingerprint density at radius 1 is 1.32 bits per heavy atom. The first-order valence-electron chi connectivity index (χ1n) is 7.47. The van der Waals surface area contributed by atoms with Crippen molar-refractivity contribution in [3.8, 4) is 0 Å². The highest BCUT2D eigenvalue weighted by molar-refractivity contribution is 9.10. The minimum atomic E-state index is -0.301. The summed E-state index contributed by atoms with van der Waals surface area (Å²) in [6, 6.07) is 7.96. The van der Waals surface area contributed by atoms with E-state index in [2.05, 4.69) is 31.3 Å². The van der Waals surface area contributed by atoms with E-state index in [1.165, 1.54) is 20.5 Å². The average Bonchev–Trinajstić information content (AvgIpc) is 2.90. The molecule has 0 atom stereocenters. The van der Waals surface area contributed by atoms with Gasteiger partial charge in [-0.2, -0.15) is 5.10 Å². The second-order valence-electron chi connectivity index (χ2n) is 5.42. The van der Waals surface area contributed by atoms with Crippen LogP contribution in [0.5, 0.6) is 0 Å². The maximum absolute atomic E-state index is 12.5. The van der Waals surface area contributed by atoms with E-state index in [0.717, 1.165) is 5.56 Å². The van der Waals surface area contributed by atoms with Crippen LogP contribution in [-0.4, -0.2) is 31.5 Å². The van der Waals surface area contributed by atoms with Crippen molar-refractivity contribution in [2.24, 2.45) is 7.05 Å². The summed E-state index contributed by atoms with van der Waals surface area (Å²) in [6.07, 6.45) is 3.38. The van der Waals surface area contributed by atoms with Gasteiger partial charge in [-0.05, 0) is 39.9 Å². The van der Waals surface area contributed by atoms with Gasteiger partial charge in [0.25, 0.3) is 5.56 Å². The Morgan fingerprint density at radius 2 is 2.04 bits per heavy atom. The third kappa shape index (κ3) is 3.77. The molecule has 0 unspecified atom stereocenters. The minimum absolute atomic E-state index is 0.0913. The molecule has 1 N–H and O–H groups in total. The van der Waals surface area contributed by atoms with Gasteiger partial charge in [0, 0.05) is 18.5 Å². The second-order valence-corrected chi connectivity index (χ2v) is 7.05. The molecule has 0 saturated heterocycles. The highest BCUT2D eigenvalue weighted by Crippen LogP contribution is 2.17. The maximum atomic E-state index is 12.5. The number of benzene rings is 1. The van der Waals surface area contributed by atoms with Crippen molar-refractivity contribution in [3.63, 3.8) is 0 Å². The molecule has 3 rings (SSSR count). The van der Waals surface area contributed by atoms with E-state index in [0.29, 0.717) is 22.2 Å². The first kappa shape index (κ1) is 17.7. The number of rotatable bonds is 5. The summed E-state index contributed by atoms with van der Waals surface area (Å²) in [5, 5.41) is 7.30. The molecular formula is C16H16BrN5O2S. The van der Waals surface area contributed by atoms with E-state index in [4.69, 9.17) is 0 Å². The van der Waals surface area contributed by atoms with E-state index in [-0.39, 0.29) is 18.0 Å². The topological polar surface area (TPSA) is 81.8 Å². The smallest absolute Gasteiger partial charge is 0.266 e. The molecule has 0 radical (unpaired) electrons. The van der Waals surface area contributed by atoms with E-state index in [9.17, 15) is 9.59 Å². The lowest BCUT2D eigenvalue weighted by atomic mass is 10.2. The molecule has 130 valence electrons. The van der Waals surface area contributed by atoms with Crippen LogP contribution >= 0.6 is 27.7 Å². The van der Waals surface area contributed by atoms with E-state index in [1.54, 1.807) is 18.8 Å². The minimum Gasteiger partial charge on any atom is -0.350 e. The van der Waals surface area contributed by atoms with Gasteiger partial charge in [0.15, 0.2) is 5.65 Å². The van der Waals surface area contributed by atoms with Crippen LogP contribution in [-0.2, 0) is 24.9 Å². The number of hydrogen-bond donors (Lipinski definition) is 1. The van der Waals surface area contributed by atoms with Gasteiger partial charge in [-0.3, -0.25) is 14.2 Å². The van der Waals surface area contributed by atoms with Gasteiger partial charge >= 0.3 is 0 Å². The molecule has 0 saturated carbocycles. The third-order valence-corrected chi connectivity index (χ3v) is 5.03. The Bertz CT molecular complexity index is 981. The summed E-state index contributed by atoms with van der Waals surface area (Å²) < 4.78 is 3.22. The van der Waals surface area contributed by atoms with Crippen LogP contribution in [0, 0.1) is 0 Å². The molecule has 1 aromatic carbocycles. The number of aromatic nitrogens is 4. The average molecular weight is 422 g/mol. The molecule has 0 aliphatic carbocycles. The van der Waals surface area contributed by atoms with Gasteiger partial charge in [-0.1, -0.05) is 12.1 Å². The lowest BCUT2D eigenvalue weighted by Gasteiger charge is -2.08. The van der Waals surface area contributed by atoms with E-state index in [1.807, 2.05) is 30.5 Å². The lowest BCUT2D eigenvalue weighted by molar-refractivity contribution is -0.121. The van der Waals surface area contributed by atoms with Crippen LogP contribution in [0.4, 0.5) is 0 Å². The number of amides is 1. The van der Waals surface area contributed by atoms with Crippen LogP contribution in [0.25, 0.3) is 11.0 Å². The second kappa shape index (κ2) is 7.40. The quantitative estimate of drug-likeness (QED) is 0.636. The van der Waals surface area contributed by atoms with Crippen molar-refractivity contribution >= 4 is 44.6 Å². The fourth-order valence-corrected chi connectivity index (χ4v) is 3.40. The Morgan fingerprint density at radius 3 is 2.72 bits per heavy atom. The molecule has 2 aromatic heterocycles. The zero-order chi connectivity index (χ0) is 18.0. The van der Waals surface area contributed by atoms with Crippen molar-refractivity contribution < 1.29 is 4.79 Å². The highest BCUT2D eigenvalue weighted by Gasteiger charge is 2.14. The van der Waals surface area contributed by atoms with Crippen LogP contribution in [0.2, 0.25) is 0 Å². The van der Waals surface area contributed by atoms with Gasteiger partial charge in [-0.15, -0.1) is 11.8 Å². The molecule has 1 amide bonds.